The first-order chi connectivity index (χ1) is 12.7. The first-order valence-corrected chi connectivity index (χ1v) is 9.04. The number of H-pyrrole nitrogens is 1. The number of guanidine groups is 1. The molecule has 9 heteroatoms. The molecule has 3 N–H and O–H groups in total. The highest BCUT2D eigenvalue weighted by atomic mass is 32.1. The summed E-state index contributed by atoms with van der Waals surface area (Å²) < 4.78 is 0. The van der Waals surface area contributed by atoms with Gasteiger partial charge >= 0.3 is 0 Å². The lowest BCUT2D eigenvalue weighted by atomic mass is 10.1. The van der Waals surface area contributed by atoms with E-state index in [-0.39, 0.29) is 0 Å². The van der Waals surface area contributed by atoms with Gasteiger partial charge in [-0.1, -0.05) is 18.2 Å². The van der Waals surface area contributed by atoms with Gasteiger partial charge in [-0.15, -0.1) is 11.3 Å². The van der Waals surface area contributed by atoms with Gasteiger partial charge in [0.25, 0.3) is 0 Å². The van der Waals surface area contributed by atoms with Crippen LogP contribution in [0.15, 0.2) is 41.0 Å². The molecule has 1 aromatic carbocycles. The Balaban J connectivity index is 1.55. The number of aliphatic imine (C=N–C) groups is 1. The van der Waals surface area contributed by atoms with Crippen molar-refractivity contribution < 1.29 is 0 Å². The minimum Gasteiger partial charge on any atom is -0.354 e. The Labute approximate surface area is 156 Å². The van der Waals surface area contributed by atoms with E-state index in [0.717, 1.165) is 33.7 Å². The Morgan fingerprint density at radius 1 is 1.27 bits per heavy atom. The zero-order valence-electron chi connectivity index (χ0n) is 15.0. The molecular weight excluding hydrogens is 348 g/mol. The van der Waals surface area contributed by atoms with Crippen molar-refractivity contribution in [2.75, 3.05) is 26.0 Å². The standard InChI is InChI=1S/C17H22N8S/c1-18-16(20-9-14-10-26-17(23-14)25(2)3)19-8-12-5-4-6-13(7-12)15-21-11-22-24-15/h4-7,10-11H,8-9H2,1-3H3,(H2,18,19,20)(H,21,22,24). The molecule has 8 nitrogen and oxygen atoms in total. The van der Waals surface area contributed by atoms with Crippen LogP contribution >= 0.6 is 11.3 Å². The molecule has 0 saturated carbocycles. The van der Waals surface area contributed by atoms with E-state index in [0.29, 0.717) is 13.1 Å². The first kappa shape index (κ1) is 17.9. The third kappa shape index (κ3) is 4.57. The lowest BCUT2D eigenvalue weighted by molar-refractivity contribution is 0.797. The van der Waals surface area contributed by atoms with E-state index in [1.165, 1.54) is 6.33 Å². The summed E-state index contributed by atoms with van der Waals surface area (Å²) in [5, 5.41) is 16.4. The van der Waals surface area contributed by atoms with Crippen molar-refractivity contribution in [2.45, 2.75) is 13.1 Å². The van der Waals surface area contributed by atoms with Crippen molar-refractivity contribution in [3.63, 3.8) is 0 Å². The number of aromatic amines is 1. The minimum absolute atomic E-state index is 0.627. The van der Waals surface area contributed by atoms with Crippen LogP contribution in [0.2, 0.25) is 0 Å². The van der Waals surface area contributed by atoms with E-state index < -0.39 is 0 Å². The molecule has 26 heavy (non-hydrogen) atoms. The number of hydrogen-bond donors (Lipinski definition) is 3. The zero-order chi connectivity index (χ0) is 18.4. The van der Waals surface area contributed by atoms with E-state index in [1.807, 2.05) is 31.1 Å². The summed E-state index contributed by atoms with van der Waals surface area (Å²) in [5.41, 5.74) is 3.13. The molecule has 0 fully saturated rings. The van der Waals surface area contributed by atoms with Gasteiger partial charge in [0.05, 0.1) is 12.2 Å². The van der Waals surface area contributed by atoms with Crippen LogP contribution in [0, 0.1) is 0 Å². The van der Waals surface area contributed by atoms with Gasteiger partial charge in [-0.25, -0.2) is 9.97 Å². The summed E-state index contributed by atoms with van der Waals surface area (Å²) in [6.45, 7) is 1.28. The van der Waals surface area contributed by atoms with Crippen molar-refractivity contribution in [1.29, 1.82) is 0 Å². The lowest BCUT2D eigenvalue weighted by Crippen LogP contribution is -2.36. The second kappa shape index (κ2) is 8.43. The number of hydrogen-bond acceptors (Lipinski definition) is 6. The van der Waals surface area contributed by atoms with Gasteiger partial charge < -0.3 is 15.5 Å². The number of aromatic nitrogens is 4. The third-order valence-electron chi connectivity index (χ3n) is 3.66. The quantitative estimate of drug-likeness (QED) is 0.453. The Morgan fingerprint density at radius 3 is 2.81 bits per heavy atom. The van der Waals surface area contributed by atoms with Crippen molar-refractivity contribution in [2.24, 2.45) is 4.99 Å². The van der Waals surface area contributed by atoms with Gasteiger partial charge in [-0.3, -0.25) is 10.1 Å². The number of rotatable bonds is 6. The molecule has 0 spiro atoms. The fourth-order valence-corrected chi connectivity index (χ4v) is 3.09. The van der Waals surface area contributed by atoms with E-state index in [1.54, 1.807) is 18.4 Å². The Hall–Kier alpha value is -2.94. The molecular formula is C17H22N8S. The topological polar surface area (TPSA) is 94.1 Å². The van der Waals surface area contributed by atoms with Crippen molar-refractivity contribution in [3.8, 4) is 11.4 Å². The van der Waals surface area contributed by atoms with E-state index >= 15 is 0 Å². The summed E-state index contributed by atoms with van der Waals surface area (Å²) in [7, 11) is 5.74. The number of nitrogens with one attached hydrogen (secondary N) is 3. The van der Waals surface area contributed by atoms with Gasteiger partial charge in [0.2, 0.25) is 0 Å². The first-order valence-electron chi connectivity index (χ1n) is 8.16. The average molecular weight is 370 g/mol. The van der Waals surface area contributed by atoms with Crippen LogP contribution in [-0.4, -0.2) is 47.3 Å². The number of thiazole rings is 1. The molecule has 3 rings (SSSR count). The van der Waals surface area contributed by atoms with Crippen LogP contribution in [0.3, 0.4) is 0 Å². The highest BCUT2D eigenvalue weighted by molar-refractivity contribution is 7.13. The van der Waals surface area contributed by atoms with Gasteiger partial charge in [0, 0.05) is 38.6 Å². The lowest BCUT2D eigenvalue weighted by Gasteiger charge is -2.11. The van der Waals surface area contributed by atoms with Crippen molar-refractivity contribution in [3.05, 3.63) is 47.2 Å². The highest BCUT2D eigenvalue weighted by Gasteiger charge is 2.06. The van der Waals surface area contributed by atoms with Crippen LogP contribution in [-0.2, 0) is 13.1 Å². The third-order valence-corrected chi connectivity index (χ3v) is 4.72. The van der Waals surface area contributed by atoms with E-state index in [9.17, 15) is 0 Å². The molecule has 3 aromatic rings. The summed E-state index contributed by atoms with van der Waals surface area (Å²) in [4.78, 5) is 15.0. The molecule has 0 aliphatic heterocycles. The Bertz CT molecular complexity index is 853. The monoisotopic (exact) mass is 370 g/mol. The fourth-order valence-electron chi connectivity index (χ4n) is 2.34. The van der Waals surface area contributed by atoms with Gasteiger partial charge in [0.1, 0.15) is 6.33 Å². The summed E-state index contributed by atoms with van der Waals surface area (Å²) in [6, 6.07) is 8.14. The molecule has 0 aliphatic rings. The smallest absolute Gasteiger partial charge is 0.191 e. The molecule has 2 heterocycles. The molecule has 136 valence electrons. The predicted octanol–water partition coefficient (Wildman–Crippen LogP) is 1.86. The fraction of sp³-hybridized carbons (Fsp3) is 0.294. The second-order valence-electron chi connectivity index (χ2n) is 5.83. The van der Waals surface area contributed by atoms with Gasteiger partial charge in [-0.2, -0.15) is 5.10 Å². The minimum atomic E-state index is 0.627. The van der Waals surface area contributed by atoms with Crippen molar-refractivity contribution in [1.82, 2.24) is 30.8 Å². The summed E-state index contributed by atoms with van der Waals surface area (Å²) in [6.07, 6.45) is 1.51. The SMILES string of the molecule is CN=C(NCc1cccc(-c2ncn[nH]2)c1)NCc1csc(N(C)C)n1. The maximum atomic E-state index is 4.56. The van der Waals surface area contributed by atoms with Crippen LogP contribution in [0.25, 0.3) is 11.4 Å². The van der Waals surface area contributed by atoms with Gasteiger partial charge in [-0.05, 0) is 11.6 Å². The second-order valence-corrected chi connectivity index (χ2v) is 6.67. The Kier molecular flexibility index (Phi) is 5.80. The normalized spacial score (nSPS) is 11.4. The molecule has 0 saturated heterocycles. The number of benzene rings is 1. The summed E-state index contributed by atoms with van der Waals surface area (Å²) in [5.74, 6) is 1.49. The Morgan fingerprint density at radius 2 is 2.12 bits per heavy atom. The molecule has 0 bridgehead atoms. The highest BCUT2D eigenvalue weighted by Crippen LogP contribution is 2.17. The van der Waals surface area contributed by atoms with E-state index in [2.05, 4.69) is 53.3 Å². The predicted molar refractivity (Wildman–Crippen MR) is 105 cm³/mol. The largest absolute Gasteiger partial charge is 0.354 e. The molecule has 0 amide bonds. The molecule has 0 radical (unpaired) electrons. The maximum Gasteiger partial charge on any atom is 0.191 e. The number of nitrogens with zero attached hydrogens (tertiary/aromatic N) is 5. The van der Waals surface area contributed by atoms with Crippen LogP contribution < -0.4 is 15.5 Å². The van der Waals surface area contributed by atoms with Crippen molar-refractivity contribution >= 4 is 22.4 Å². The van der Waals surface area contributed by atoms with E-state index in [4.69, 9.17) is 0 Å². The summed E-state index contributed by atoms with van der Waals surface area (Å²) >= 11 is 1.63. The molecule has 0 aliphatic carbocycles. The maximum absolute atomic E-state index is 4.56. The molecule has 0 unspecified atom stereocenters. The van der Waals surface area contributed by atoms with Crippen LogP contribution in [0.1, 0.15) is 11.3 Å². The average Bonchev–Trinajstić information content (AvgIpc) is 3.34. The van der Waals surface area contributed by atoms with Crippen LogP contribution in [0.4, 0.5) is 5.13 Å². The zero-order valence-corrected chi connectivity index (χ0v) is 15.8. The molecule has 0 atom stereocenters. The number of anilines is 1. The van der Waals surface area contributed by atoms with Crippen LogP contribution in [0.5, 0.6) is 0 Å². The molecule has 2 aromatic heterocycles. The van der Waals surface area contributed by atoms with Gasteiger partial charge in [0.15, 0.2) is 16.9 Å².